The number of hydrogen-bond donors (Lipinski definition) is 0. The fourth-order valence-corrected chi connectivity index (χ4v) is 4.74. The standard InChI is InChI=1S/C20H20FN3O4S/c21-16-6-8-17(9-7-16)27-13-11-19-22-20(28-23-19)15-10-12-24(14-15)29(25,26)18-4-2-1-3-5-18/h1-9,15H,10-14H2. The summed E-state index contributed by atoms with van der Waals surface area (Å²) in [6.07, 6.45) is 1.05. The predicted molar refractivity (Wildman–Crippen MR) is 102 cm³/mol. The lowest BCUT2D eigenvalue weighted by molar-refractivity contribution is 0.312. The third-order valence-corrected chi connectivity index (χ3v) is 6.65. The second-order valence-electron chi connectivity index (χ2n) is 6.76. The lowest BCUT2D eigenvalue weighted by atomic mass is 10.1. The van der Waals surface area contributed by atoms with E-state index in [0.29, 0.717) is 50.0 Å². The van der Waals surface area contributed by atoms with Crippen LogP contribution in [-0.4, -0.2) is 42.6 Å². The first-order valence-corrected chi connectivity index (χ1v) is 10.7. The van der Waals surface area contributed by atoms with Crippen molar-refractivity contribution in [3.05, 3.63) is 72.1 Å². The Bertz CT molecular complexity index is 1050. The van der Waals surface area contributed by atoms with Gasteiger partial charge in [-0.1, -0.05) is 23.4 Å². The largest absolute Gasteiger partial charge is 0.493 e. The molecular weight excluding hydrogens is 397 g/mol. The zero-order valence-electron chi connectivity index (χ0n) is 15.6. The van der Waals surface area contributed by atoms with Gasteiger partial charge in [0.2, 0.25) is 15.9 Å². The molecule has 2 heterocycles. The van der Waals surface area contributed by atoms with E-state index in [-0.39, 0.29) is 16.6 Å². The lowest BCUT2D eigenvalue weighted by Gasteiger charge is -2.15. The first-order chi connectivity index (χ1) is 14.0. The van der Waals surface area contributed by atoms with Crippen molar-refractivity contribution in [2.75, 3.05) is 19.7 Å². The van der Waals surface area contributed by atoms with Crippen molar-refractivity contribution < 1.29 is 22.1 Å². The number of benzene rings is 2. The first kappa shape index (κ1) is 19.5. The predicted octanol–water partition coefficient (Wildman–Crippen LogP) is 3.01. The van der Waals surface area contributed by atoms with Gasteiger partial charge < -0.3 is 9.26 Å². The van der Waals surface area contributed by atoms with E-state index in [9.17, 15) is 12.8 Å². The van der Waals surface area contributed by atoms with Gasteiger partial charge in [-0.2, -0.15) is 9.29 Å². The molecule has 1 saturated heterocycles. The number of sulfonamides is 1. The molecule has 9 heteroatoms. The third-order valence-electron chi connectivity index (χ3n) is 4.77. The minimum Gasteiger partial charge on any atom is -0.493 e. The van der Waals surface area contributed by atoms with Crippen molar-refractivity contribution >= 4 is 10.0 Å². The van der Waals surface area contributed by atoms with Crippen molar-refractivity contribution in [1.82, 2.24) is 14.4 Å². The molecule has 0 bridgehead atoms. The van der Waals surface area contributed by atoms with E-state index in [2.05, 4.69) is 10.1 Å². The number of aromatic nitrogens is 2. The SMILES string of the molecule is O=S(=O)(c1ccccc1)N1CCC(c2nc(CCOc3ccc(F)cc3)no2)C1. The minimum atomic E-state index is -3.52. The van der Waals surface area contributed by atoms with Crippen molar-refractivity contribution in [2.24, 2.45) is 0 Å². The molecule has 1 aromatic heterocycles. The zero-order valence-corrected chi connectivity index (χ0v) is 16.4. The van der Waals surface area contributed by atoms with Crippen LogP contribution in [0.25, 0.3) is 0 Å². The molecule has 0 aliphatic carbocycles. The Hall–Kier alpha value is -2.78. The van der Waals surface area contributed by atoms with Gasteiger partial charge in [-0.05, 0) is 42.8 Å². The Morgan fingerprint density at radius 1 is 1.14 bits per heavy atom. The molecule has 0 spiro atoms. The summed E-state index contributed by atoms with van der Waals surface area (Å²) >= 11 is 0. The van der Waals surface area contributed by atoms with Gasteiger partial charge in [-0.3, -0.25) is 0 Å². The van der Waals surface area contributed by atoms with Gasteiger partial charge >= 0.3 is 0 Å². The highest BCUT2D eigenvalue weighted by Gasteiger charge is 2.35. The van der Waals surface area contributed by atoms with Crippen LogP contribution in [0, 0.1) is 5.82 Å². The van der Waals surface area contributed by atoms with Crippen LogP contribution in [0.1, 0.15) is 24.1 Å². The maximum absolute atomic E-state index is 12.9. The van der Waals surface area contributed by atoms with Crippen LogP contribution in [0.15, 0.2) is 64.0 Å². The van der Waals surface area contributed by atoms with E-state index < -0.39 is 10.0 Å². The second-order valence-corrected chi connectivity index (χ2v) is 8.70. The molecule has 4 rings (SSSR count). The molecule has 0 saturated carbocycles. The highest BCUT2D eigenvalue weighted by atomic mass is 32.2. The molecule has 1 aliphatic heterocycles. The van der Waals surface area contributed by atoms with Crippen LogP contribution in [-0.2, 0) is 16.4 Å². The van der Waals surface area contributed by atoms with Crippen LogP contribution in [0.2, 0.25) is 0 Å². The minimum absolute atomic E-state index is 0.132. The Kier molecular flexibility index (Phi) is 5.59. The second kappa shape index (κ2) is 8.30. The molecule has 7 nitrogen and oxygen atoms in total. The Morgan fingerprint density at radius 2 is 1.90 bits per heavy atom. The summed E-state index contributed by atoms with van der Waals surface area (Å²) in [6.45, 7) is 1.04. The molecule has 1 unspecified atom stereocenters. The van der Waals surface area contributed by atoms with E-state index >= 15 is 0 Å². The zero-order chi connectivity index (χ0) is 20.3. The van der Waals surface area contributed by atoms with E-state index in [0.717, 1.165) is 0 Å². The molecule has 1 aliphatic rings. The summed E-state index contributed by atoms with van der Waals surface area (Å²) in [4.78, 5) is 4.67. The Balaban J connectivity index is 1.33. The topological polar surface area (TPSA) is 85.5 Å². The van der Waals surface area contributed by atoms with Gasteiger partial charge in [0.15, 0.2) is 5.82 Å². The molecule has 3 aromatic rings. The summed E-state index contributed by atoms with van der Waals surface area (Å²) in [5, 5.41) is 3.96. The summed E-state index contributed by atoms with van der Waals surface area (Å²) < 4.78 is 50.7. The van der Waals surface area contributed by atoms with Crippen LogP contribution in [0.3, 0.4) is 0 Å². The monoisotopic (exact) mass is 417 g/mol. The van der Waals surface area contributed by atoms with Crippen LogP contribution >= 0.6 is 0 Å². The Morgan fingerprint density at radius 3 is 2.66 bits per heavy atom. The summed E-state index contributed by atoms with van der Waals surface area (Å²) in [5.74, 6) is 1.04. The molecule has 2 aromatic carbocycles. The fraction of sp³-hybridized carbons (Fsp3) is 0.300. The van der Waals surface area contributed by atoms with Crippen molar-refractivity contribution in [2.45, 2.75) is 23.7 Å². The molecule has 1 atom stereocenters. The maximum atomic E-state index is 12.9. The molecule has 0 amide bonds. The number of rotatable bonds is 7. The van der Waals surface area contributed by atoms with Crippen LogP contribution in [0.4, 0.5) is 4.39 Å². The molecule has 1 fully saturated rings. The van der Waals surface area contributed by atoms with Crippen molar-refractivity contribution in [3.63, 3.8) is 0 Å². The van der Waals surface area contributed by atoms with E-state index in [1.807, 2.05) is 0 Å². The third kappa shape index (κ3) is 4.46. The molecule has 29 heavy (non-hydrogen) atoms. The van der Waals surface area contributed by atoms with Crippen molar-refractivity contribution in [3.8, 4) is 5.75 Å². The highest BCUT2D eigenvalue weighted by Crippen LogP contribution is 2.30. The van der Waals surface area contributed by atoms with Gasteiger partial charge in [-0.15, -0.1) is 0 Å². The summed E-state index contributed by atoms with van der Waals surface area (Å²) in [6, 6.07) is 14.1. The quantitative estimate of drug-likeness (QED) is 0.588. The van der Waals surface area contributed by atoms with Gasteiger partial charge in [0.05, 0.1) is 17.4 Å². The smallest absolute Gasteiger partial charge is 0.243 e. The molecular formula is C20H20FN3O4S. The van der Waals surface area contributed by atoms with E-state index in [1.165, 1.54) is 16.4 Å². The van der Waals surface area contributed by atoms with E-state index in [4.69, 9.17) is 9.26 Å². The fourth-order valence-electron chi connectivity index (χ4n) is 3.22. The van der Waals surface area contributed by atoms with Gasteiger partial charge in [0, 0.05) is 19.5 Å². The number of nitrogens with zero attached hydrogens (tertiary/aromatic N) is 3. The van der Waals surface area contributed by atoms with Crippen molar-refractivity contribution in [1.29, 1.82) is 0 Å². The molecule has 152 valence electrons. The maximum Gasteiger partial charge on any atom is 0.243 e. The lowest BCUT2D eigenvalue weighted by Crippen LogP contribution is -2.28. The highest BCUT2D eigenvalue weighted by molar-refractivity contribution is 7.89. The number of hydrogen-bond acceptors (Lipinski definition) is 6. The molecule has 0 N–H and O–H groups in total. The average Bonchev–Trinajstić information content (AvgIpc) is 3.40. The van der Waals surface area contributed by atoms with E-state index in [1.54, 1.807) is 42.5 Å². The number of halogens is 1. The first-order valence-electron chi connectivity index (χ1n) is 9.28. The number of ether oxygens (including phenoxy) is 1. The Labute approximate surface area is 168 Å². The van der Waals surface area contributed by atoms with Crippen LogP contribution < -0.4 is 4.74 Å². The van der Waals surface area contributed by atoms with Gasteiger partial charge in [-0.25, -0.2) is 12.8 Å². The summed E-state index contributed by atoms with van der Waals surface area (Å²) in [5.41, 5.74) is 0. The molecule has 0 radical (unpaired) electrons. The summed E-state index contributed by atoms with van der Waals surface area (Å²) in [7, 11) is -3.52. The van der Waals surface area contributed by atoms with Gasteiger partial charge in [0.1, 0.15) is 11.6 Å². The van der Waals surface area contributed by atoms with Crippen LogP contribution in [0.5, 0.6) is 5.75 Å². The van der Waals surface area contributed by atoms with Gasteiger partial charge in [0.25, 0.3) is 0 Å². The normalized spacial score (nSPS) is 17.5. The average molecular weight is 417 g/mol.